The van der Waals surface area contributed by atoms with Gasteiger partial charge in [-0.25, -0.2) is 4.79 Å². The third-order valence-electron chi connectivity index (χ3n) is 2.76. The third kappa shape index (κ3) is 1.78. The van der Waals surface area contributed by atoms with E-state index < -0.39 is 5.97 Å². The zero-order valence-electron chi connectivity index (χ0n) is 9.14. The maximum Gasteiger partial charge on any atom is 0.374 e. The molecular weight excluding hydrogens is 302 g/mol. The molecule has 0 unspecified atom stereocenters. The van der Waals surface area contributed by atoms with Crippen LogP contribution in [0.1, 0.15) is 16.1 Å². The molecule has 0 amide bonds. The standard InChI is InChI=1S/C12H8BrNO4/c13-8-4-7(3-6-1-2-17-11(6)8)9-5-10(12(15)16)18-14-9/h3-5H,1-2H2,(H,15,16). The zero-order chi connectivity index (χ0) is 12.7. The Kier molecular flexibility index (Phi) is 2.59. The number of hydrogen-bond acceptors (Lipinski definition) is 4. The minimum Gasteiger partial charge on any atom is -0.492 e. The van der Waals surface area contributed by atoms with E-state index in [4.69, 9.17) is 14.4 Å². The summed E-state index contributed by atoms with van der Waals surface area (Å²) in [6.07, 6.45) is 0.839. The summed E-state index contributed by atoms with van der Waals surface area (Å²) in [5.41, 5.74) is 2.39. The smallest absolute Gasteiger partial charge is 0.374 e. The number of aromatic nitrogens is 1. The van der Waals surface area contributed by atoms with Gasteiger partial charge in [0.15, 0.2) is 0 Å². The number of benzene rings is 1. The Balaban J connectivity index is 2.06. The number of carboxylic acids is 1. The van der Waals surface area contributed by atoms with Crippen molar-refractivity contribution in [3.05, 3.63) is 34.0 Å². The van der Waals surface area contributed by atoms with Gasteiger partial charge in [-0.05, 0) is 33.6 Å². The Morgan fingerprint density at radius 2 is 2.22 bits per heavy atom. The number of halogens is 1. The predicted molar refractivity (Wildman–Crippen MR) is 65.8 cm³/mol. The summed E-state index contributed by atoms with van der Waals surface area (Å²) in [4.78, 5) is 10.7. The predicted octanol–water partition coefficient (Wildman–Crippen LogP) is 2.74. The summed E-state index contributed by atoms with van der Waals surface area (Å²) >= 11 is 3.43. The Bertz CT molecular complexity index is 635. The zero-order valence-corrected chi connectivity index (χ0v) is 10.7. The fraction of sp³-hybridized carbons (Fsp3) is 0.167. The third-order valence-corrected chi connectivity index (χ3v) is 3.34. The molecule has 18 heavy (non-hydrogen) atoms. The highest BCUT2D eigenvalue weighted by Crippen LogP contribution is 2.37. The normalized spacial score (nSPS) is 13.2. The number of rotatable bonds is 2. The molecule has 0 bridgehead atoms. The van der Waals surface area contributed by atoms with Gasteiger partial charge in [-0.1, -0.05) is 5.16 Å². The molecule has 5 nitrogen and oxygen atoms in total. The Morgan fingerprint density at radius 1 is 1.39 bits per heavy atom. The lowest BCUT2D eigenvalue weighted by molar-refractivity contribution is 0.0652. The van der Waals surface area contributed by atoms with Gasteiger partial charge >= 0.3 is 5.97 Å². The van der Waals surface area contributed by atoms with Crippen molar-refractivity contribution >= 4 is 21.9 Å². The second-order valence-electron chi connectivity index (χ2n) is 3.93. The van der Waals surface area contributed by atoms with E-state index in [0.717, 1.165) is 27.8 Å². The van der Waals surface area contributed by atoms with E-state index in [-0.39, 0.29) is 5.76 Å². The summed E-state index contributed by atoms with van der Waals surface area (Å²) in [7, 11) is 0. The van der Waals surface area contributed by atoms with Gasteiger partial charge in [-0.15, -0.1) is 0 Å². The molecule has 0 aliphatic carbocycles. The van der Waals surface area contributed by atoms with Crippen LogP contribution in [0.4, 0.5) is 0 Å². The van der Waals surface area contributed by atoms with E-state index in [9.17, 15) is 4.79 Å². The summed E-state index contributed by atoms with van der Waals surface area (Å²) in [6, 6.07) is 5.19. The lowest BCUT2D eigenvalue weighted by atomic mass is 10.1. The molecule has 1 aliphatic heterocycles. The van der Waals surface area contributed by atoms with Crippen LogP contribution in [-0.4, -0.2) is 22.8 Å². The van der Waals surface area contributed by atoms with Crippen LogP contribution in [0.5, 0.6) is 5.75 Å². The van der Waals surface area contributed by atoms with Gasteiger partial charge in [0.1, 0.15) is 11.4 Å². The highest BCUT2D eigenvalue weighted by atomic mass is 79.9. The van der Waals surface area contributed by atoms with E-state index in [0.29, 0.717) is 12.3 Å². The van der Waals surface area contributed by atoms with Crippen LogP contribution in [0.2, 0.25) is 0 Å². The highest BCUT2D eigenvalue weighted by molar-refractivity contribution is 9.10. The molecule has 92 valence electrons. The summed E-state index contributed by atoms with van der Waals surface area (Å²) in [5.74, 6) is -0.448. The van der Waals surface area contributed by atoms with Gasteiger partial charge in [0, 0.05) is 18.1 Å². The van der Waals surface area contributed by atoms with Gasteiger partial charge in [0.05, 0.1) is 11.1 Å². The van der Waals surface area contributed by atoms with Crippen molar-refractivity contribution < 1.29 is 19.2 Å². The maximum atomic E-state index is 10.7. The van der Waals surface area contributed by atoms with Crippen LogP contribution in [-0.2, 0) is 6.42 Å². The molecule has 6 heteroatoms. The van der Waals surface area contributed by atoms with Crippen molar-refractivity contribution in [1.29, 1.82) is 0 Å². The first-order valence-corrected chi connectivity index (χ1v) is 6.10. The van der Waals surface area contributed by atoms with Gasteiger partial charge in [-0.2, -0.15) is 0 Å². The summed E-state index contributed by atoms with van der Waals surface area (Å²) in [6.45, 7) is 0.663. The van der Waals surface area contributed by atoms with Crippen molar-refractivity contribution in [2.45, 2.75) is 6.42 Å². The number of fused-ring (bicyclic) bond motifs is 1. The van der Waals surface area contributed by atoms with Gasteiger partial charge in [0.2, 0.25) is 5.76 Å². The van der Waals surface area contributed by atoms with Crippen molar-refractivity contribution in [2.24, 2.45) is 0 Å². The molecule has 0 atom stereocenters. The minimum absolute atomic E-state index is 0.169. The summed E-state index contributed by atoms with van der Waals surface area (Å²) < 4.78 is 11.1. The minimum atomic E-state index is -1.13. The second-order valence-corrected chi connectivity index (χ2v) is 4.78. The van der Waals surface area contributed by atoms with E-state index >= 15 is 0 Å². The van der Waals surface area contributed by atoms with E-state index in [1.807, 2.05) is 12.1 Å². The number of aromatic carboxylic acids is 1. The molecule has 0 saturated carbocycles. The fourth-order valence-electron chi connectivity index (χ4n) is 1.92. The van der Waals surface area contributed by atoms with Gasteiger partial charge in [-0.3, -0.25) is 0 Å². The molecule has 2 aromatic rings. The SMILES string of the molecule is O=C(O)c1cc(-c2cc(Br)c3c(c2)CCO3)no1. The van der Waals surface area contributed by atoms with E-state index in [2.05, 4.69) is 21.1 Å². The van der Waals surface area contributed by atoms with Crippen molar-refractivity contribution in [3.8, 4) is 17.0 Å². The molecule has 0 fully saturated rings. The van der Waals surface area contributed by atoms with Crippen LogP contribution < -0.4 is 4.74 Å². The molecule has 1 aliphatic rings. The molecule has 1 N–H and O–H groups in total. The molecule has 1 aromatic heterocycles. The van der Waals surface area contributed by atoms with Crippen LogP contribution in [0.3, 0.4) is 0 Å². The first kappa shape index (κ1) is 11.3. The monoisotopic (exact) mass is 309 g/mol. The Hall–Kier alpha value is -1.82. The lowest BCUT2D eigenvalue weighted by Gasteiger charge is -2.04. The van der Waals surface area contributed by atoms with Gasteiger partial charge < -0.3 is 14.4 Å². The fourth-order valence-corrected chi connectivity index (χ4v) is 2.54. The first-order valence-electron chi connectivity index (χ1n) is 5.31. The number of carboxylic acid groups (broad SMARTS) is 1. The number of ether oxygens (including phenoxy) is 1. The molecular formula is C12H8BrNO4. The van der Waals surface area contributed by atoms with Crippen molar-refractivity contribution in [3.63, 3.8) is 0 Å². The van der Waals surface area contributed by atoms with Crippen molar-refractivity contribution in [1.82, 2.24) is 5.16 Å². The molecule has 3 rings (SSSR count). The Labute approximate surface area is 110 Å². The molecule has 0 spiro atoms. The highest BCUT2D eigenvalue weighted by Gasteiger charge is 2.19. The number of hydrogen-bond donors (Lipinski definition) is 1. The van der Waals surface area contributed by atoms with Crippen LogP contribution in [0, 0.1) is 0 Å². The average Bonchev–Trinajstić information content (AvgIpc) is 2.97. The summed E-state index contributed by atoms with van der Waals surface area (Å²) in [5, 5.41) is 12.5. The Morgan fingerprint density at radius 3 is 2.94 bits per heavy atom. The van der Waals surface area contributed by atoms with Crippen LogP contribution in [0.15, 0.2) is 27.2 Å². The van der Waals surface area contributed by atoms with Crippen molar-refractivity contribution in [2.75, 3.05) is 6.61 Å². The number of carbonyl (C=O) groups is 1. The molecule has 0 saturated heterocycles. The van der Waals surface area contributed by atoms with Gasteiger partial charge in [0.25, 0.3) is 0 Å². The quantitative estimate of drug-likeness (QED) is 0.923. The maximum absolute atomic E-state index is 10.7. The second kappa shape index (κ2) is 4.13. The molecule has 2 heterocycles. The van der Waals surface area contributed by atoms with E-state index in [1.165, 1.54) is 6.07 Å². The van der Waals surface area contributed by atoms with Crippen LogP contribution in [0.25, 0.3) is 11.3 Å². The average molecular weight is 310 g/mol. The topological polar surface area (TPSA) is 72.6 Å². The first-order chi connectivity index (χ1) is 8.65. The largest absolute Gasteiger partial charge is 0.492 e. The van der Waals surface area contributed by atoms with E-state index in [1.54, 1.807) is 0 Å². The van der Waals surface area contributed by atoms with Crippen LogP contribution >= 0.6 is 15.9 Å². The lowest BCUT2D eigenvalue weighted by Crippen LogP contribution is -1.91. The molecule has 1 aromatic carbocycles. The number of nitrogens with zero attached hydrogens (tertiary/aromatic N) is 1. The molecule has 0 radical (unpaired) electrons.